The number of rotatable bonds is 6. The van der Waals surface area contributed by atoms with Crippen molar-refractivity contribution in [3.63, 3.8) is 0 Å². The van der Waals surface area contributed by atoms with Gasteiger partial charge in [0.15, 0.2) is 5.82 Å². The quantitative estimate of drug-likeness (QED) is 0.824. The first-order valence-corrected chi connectivity index (χ1v) is 8.27. The molecule has 0 amide bonds. The van der Waals surface area contributed by atoms with Crippen LogP contribution in [0.3, 0.4) is 0 Å². The highest BCUT2D eigenvalue weighted by molar-refractivity contribution is 7.92. The molecule has 1 aromatic carbocycles. The van der Waals surface area contributed by atoms with Crippen LogP contribution >= 0.6 is 0 Å². The zero-order chi connectivity index (χ0) is 18.1. The van der Waals surface area contributed by atoms with Gasteiger partial charge in [0.25, 0.3) is 16.4 Å². The maximum Gasteiger partial charge on any atom is 0.335 e. The molecule has 0 fully saturated rings. The molecule has 7 nitrogen and oxygen atoms in total. The molecule has 130 valence electrons. The summed E-state index contributed by atoms with van der Waals surface area (Å²) < 4.78 is 52.5. The zero-order valence-corrected chi connectivity index (χ0v) is 13.6. The Balaban J connectivity index is 2.35. The molecule has 0 bridgehead atoms. The first-order chi connectivity index (χ1) is 11.1. The highest BCUT2D eigenvalue weighted by atomic mass is 32.2. The number of aryl methyl sites for hydroxylation is 2. The normalized spacial score (nSPS) is 11.7. The van der Waals surface area contributed by atoms with Crippen molar-refractivity contribution in [1.82, 2.24) is 9.78 Å². The lowest BCUT2D eigenvalue weighted by atomic mass is 10.1. The van der Waals surface area contributed by atoms with E-state index in [4.69, 9.17) is 5.11 Å². The van der Waals surface area contributed by atoms with Crippen molar-refractivity contribution in [2.45, 2.75) is 31.7 Å². The summed E-state index contributed by atoms with van der Waals surface area (Å²) in [7, 11) is -4.11. The largest absolute Gasteiger partial charge is 0.478 e. The van der Waals surface area contributed by atoms with Crippen molar-refractivity contribution in [3.05, 3.63) is 41.1 Å². The minimum Gasteiger partial charge on any atom is -0.478 e. The summed E-state index contributed by atoms with van der Waals surface area (Å²) in [5, 5.41) is 12.8. The van der Waals surface area contributed by atoms with Crippen molar-refractivity contribution in [3.8, 4) is 0 Å². The third-order valence-electron chi connectivity index (χ3n) is 3.25. The van der Waals surface area contributed by atoms with Gasteiger partial charge in [-0.05, 0) is 31.0 Å². The Bertz CT molecular complexity index is 878. The maximum atomic E-state index is 12.4. The molecule has 0 atom stereocenters. The third-order valence-corrected chi connectivity index (χ3v) is 4.74. The SMILES string of the molecule is Cc1cc(C)c(S(=O)(=O)Nc2ccn(CC(F)F)n2)cc1C(=O)O. The molecule has 10 heteroatoms. The lowest BCUT2D eigenvalue weighted by Crippen LogP contribution is -2.16. The topological polar surface area (TPSA) is 101 Å². The number of aromatic carboxylic acids is 1. The van der Waals surface area contributed by atoms with E-state index in [0.717, 1.165) is 10.7 Å². The minimum absolute atomic E-state index is 0.132. The number of hydrogen-bond donors (Lipinski definition) is 2. The molecule has 0 radical (unpaired) electrons. The van der Waals surface area contributed by atoms with Crippen molar-refractivity contribution < 1.29 is 27.1 Å². The number of nitrogens with zero attached hydrogens (tertiary/aromatic N) is 2. The van der Waals surface area contributed by atoms with Gasteiger partial charge in [0.05, 0.1) is 10.5 Å². The number of hydrogen-bond acceptors (Lipinski definition) is 4. The van der Waals surface area contributed by atoms with Gasteiger partial charge in [0.1, 0.15) is 6.54 Å². The second-order valence-electron chi connectivity index (χ2n) is 5.16. The number of benzene rings is 1. The molecule has 24 heavy (non-hydrogen) atoms. The van der Waals surface area contributed by atoms with Gasteiger partial charge >= 0.3 is 5.97 Å². The predicted octanol–water partition coefficient (Wildman–Crippen LogP) is 2.26. The van der Waals surface area contributed by atoms with Crippen LogP contribution in [-0.4, -0.2) is 35.7 Å². The number of carboxylic acid groups (broad SMARTS) is 1. The van der Waals surface area contributed by atoms with Crippen LogP contribution in [0, 0.1) is 13.8 Å². The second-order valence-corrected chi connectivity index (χ2v) is 6.81. The van der Waals surface area contributed by atoms with Crippen molar-refractivity contribution >= 4 is 21.8 Å². The highest BCUT2D eigenvalue weighted by Crippen LogP contribution is 2.23. The Morgan fingerprint density at radius 3 is 2.58 bits per heavy atom. The molecular weight excluding hydrogens is 344 g/mol. The van der Waals surface area contributed by atoms with E-state index in [1.54, 1.807) is 6.92 Å². The Labute approximate surface area is 137 Å². The lowest BCUT2D eigenvalue weighted by Gasteiger charge is -2.11. The van der Waals surface area contributed by atoms with Gasteiger partial charge < -0.3 is 5.11 Å². The number of aromatic nitrogens is 2. The summed E-state index contributed by atoms with van der Waals surface area (Å²) in [5.41, 5.74) is 0.654. The van der Waals surface area contributed by atoms with Gasteiger partial charge in [-0.3, -0.25) is 9.40 Å². The first-order valence-electron chi connectivity index (χ1n) is 6.79. The van der Waals surface area contributed by atoms with Crippen LogP contribution in [0.25, 0.3) is 0 Å². The molecule has 0 aliphatic rings. The molecule has 2 rings (SSSR count). The van der Waals surface area contributed by atoms with Crippen molar-refractivity contribution in [1.29, 1.82) is 0 Å². The van der Waals surface area contributed by atoms with Crippen LogP contribution in [0.2, 0.25) is 0 Å². The fourth-order valence-electron chi connectivity index (χ4n) is 2.20. The molecule has 0 aliphatic carbocycles. The Morgan fingerprint density at radius 1 is 1.33 bits per heavy atom. The number of anilines is 1. The average molecular weight is 359 g/mol. The molecule has 1 aromatic heterocycles. The van der Waals surface area contributed by atoms with E-state index >= 15 is 0 Å². The smallest absolute Gasteiger partial charge is 0.335 e. The lowest BCUT2D eigenvalue weighted by molar-refractivity contribution is 0.0695. The zero-order valence-electron chi connectivity index (χ0n) is 12.8. The summed E-state index contributed by atoms with van der Waals surface area (Å²) >= 11 is 0. The Hall–Kier alpha value is -2.49. The van der Waals surface area contributed by atoms with Crippen molar-refractivity contribution in [2.24, 2.45) is 0 Å². The molecule has 0 unspecified atom stereocenters. The third kappa shape index (κ3) is 3.88. The van der Waals surface area contributed by atoms with E-state index in [2.05, 4.69) is 9.82 Å². The maximum absolute atomic E-state index is 12.4. The highest BCUT2D eigenvalue weighted by Gasteiger charge is 2.22. The van der Waals surface area contributed by atoms with Gasteiger partial charge in [-0.2, -0.15) is 5.10 Å². The summed E-state index contributed by atoms with van der Waals surface area (Å²) in [6, 6.07) is 3.75. The fourth-order valence-corrected chi connectivity index (χ4v) is 3.45. The number of halogens is 2. The van der Waals surface area contributed by atoms with E-state index in [0.29, 0.717) is 11.1 Å². The first kappa shape index (κ1) is 17.9. The van der Waals surface area contributed by atoms with Gasteiger partial charge in [-0.1, -0.05) is 6.07 Å². The number of carboxylic acids is 1. The molecule has 2 aromatic rings. The summed E-state index contributed by atoms with van der Waals surface area (Å²) in [6.07, 6.45) is -1.40. The number of carbonyl (C=O) groups is 1. The molecule has 2 N–H and O–H groups in total. The van der Waals surface area contributed by atoms with Crippen LogP contribution in [0.1, 0.15) is 21.5 Å². The molecule has 1 heterocycles. The average Bonchev–Trinajstić information content (AvgIpc) is 2.83. The number of alkyl halides is 2. The van der Waals surface area contributed by atoms with Crippen LogP contribution in [0.15, 0.2) is 29.3 Å². The van der Waals surface area contributed by atoms with E-state index in [1.165, 1.54) is 25.3 Å². The van der Waals surface area contributed by atoms with Crippen LogP contribution < -0.4 is 4.72 Å². The summed E-state index contributed by atoms with van der Waals surface area (Å²) in [6.45, 7) is 2.43. The second kappa shape index (κ2) is 6.56. The standard InChI is InChI=1S/C14H15F2N3O4S/c1-8-5-9(2)11(6-10(8)14(20)21)24(22,23)18-13-3-4-19(17-13)7-12(15)16/h3-6,12H,7H2,1-2H3,(H,17,18)(H,20,21). The summed E-state index contributed by atoms with van der Waals surface area (Å²) in [5.74, 6) is -1.38. The van der Waals surface area contributed by atoms with E-state index in [1.807, 2.05) is 0 Å². The van der Waals surface area contributed by atoms with Gasteiger partial charge in [-0.15, -0.1) is 0 Å². The van der Waals surface area contributed by atoms with Gasteiger partial charge in [0, 0.05) is 12.3 Å². The molecule has 0 saturated heterocycles. The monoisotopic (exact) mass is 359 g/mol. The number of nitrogens with one attached hydrogen (secondary N) is 1. The van der Waals surface area contributed by atoms with Crippen LogP contribution in [0.4, 0.5) is 14.6 Å². The Morgan fingerprint density at radius 2 is 2.00 bits per heavy atom. The predicted molar refractivity (Wildman–Crippen MR) is 81.9 cm³/mol. The molecule has 0 spiro atoms. The molecular formula is C14H15F2N3O4S. The van der Waals surface area contributed by atoms with Crippen LogP contribution in [-0.2, 0) is 16.6 Å². The van der Waals surface area contributed by atoms with Gasteiger partial charge in [-0.25, -0.2) is 22.0 Å². The number of sulfonamides is 1. The van der Waals surface area contributed by atoms with E-state index in [9.17, 15) is 22.0 Å². The Kier molecular flexibility index (Phi) is 4.88. The molecule has 0 aliphatic heterocycles. The minimum atomic E-state index is -4.11. The van der Waals surface area contributed by atoms with Crippen molar-refractivity contribution in [2.75, 3.05) is 4.72 Å². The summed E-state index contributed by atoms with van der Waals surface area (Å²) in [4.78, 5) is 11.0. The van der Waals surface area contributed by atoms with E-state index < -0.39 is 29.0 Å². The van der Waals surface area contributed by atoms with Crippen LogP contribution in [0.5, 0.6) is 0 Å². The van der Waals surface area contributed by atoms with E-state index in [-0.39, 0.29) is 16.3 Å². The van der Waals surface area contributed by atoms with Gasteiger partial charge in [0.2, 0.25) is 0 Å². The fraction of sp³-hybridized carbons (Fsp3) is 0.286. The molecule has 0 saturated carbocycles.